The molecule has 1 fully saturated rings. The highest BCUT2D eigenvalue weighted by molar-refractivity contribution is 9.10. The number of nitro benzene ring substituents is 1. The van der Waals surface area contributed by atoms with Gasteiger partial charge >= 0.3 is 0 Å². The van der Waals surface area contributed by atoms with Gasteiger partial charge in [0.2, 0.25) is 0 Å². The van der Waals surface area contributed by atoms with Gasteiger partial charge in [0, 0.05) is 17.7 Å². The van der Waals surface area contributed by atoms with Crippen LogP contribution in [-0.2, 0) is 11.4 Å². The fourth-order valence-corrected chi connectivity index (χ4v) is 5.00. The van der Waals surface area contributed by atoms with Crippen LogP contribution in [0.3, 0.4) is 0 Å². The standard InChI is InChI=1S/C27H18BrN3O7S/c1-37-23-11-18(10-21(28)25(23)38-15-17-4-2-16(13-29)3-5-17)12-24-26(33)30(27(34)39-24)14-22(32)19-6-8-20(9-7-19)31(35)36/h2-12H,14-15H2,1H3/b24-12+. The largest absolute Gasteiger partial charge is 0.493 e. The van der Waals surface area contributed by atoms with Crippen molar-refractivity contribution >= 4 is 56.4 Å². The van der Waals surface area contributed by atoms with E-state index in [-0.39, 0.29) is 22.8 Å². The highest BCUT2D eigenvalue weighted by Crippen LogP contribution is 2.39. The van der Waals surface area contributed by atoms with Gasteiger partial charge in [-0.15, -0.1) is 0 Å². The number of rotatable bonds is 9. The van der Waals surface area contributed by atoms with Crippen molar-refractivity contribution in [1.82, 2.24) is 4.90 Å². The molecule has 0 bridgehead atoms. The number of benzene rings is 3. The summed E-state index contributed by atoms with van der Waals surface area (Å²) in [5.41, 5.74) is 1.92. The molecule has 0 radical (unpaired) electrons. The minimum atomic E-state index is -0.628. The van der Waals surface area contributed by atoms with Crippen LogP contribution in [0.4, 0.5) is 10.5 Å². The van der Waals surface area contributed by atoms with Crippen molar-refractivity contribution in [1.29, 1.82) is 5.26 Å². The first-order valence-electron chi connectivity index (χ1n) is 11.2. The Hall–Kier alpha value is -4.47. The molecule has 0 aliphatic carbocycles. The van der Waals surface area contributed by atoms with Gasteiger partial charge < -0.3 is 9.47 Å². The third-order valence-electron chi connectivity index (χ3n) is 5.59. The summed E-state index contributed by atoms with van der Waals surface area (Å²) in [5.74, 6) is -0.337. The summed E-state index contributed by atoms with van der Waals surface area (Å²) < 4.78 is 11.9. The van der Waals surface area contributed by atoms with E-state index in [1.54, 1.807) is 36.4 Å². The number of methoxy groups -OCH3 is 1. The second-order valence-electron chi connectivity index (χ2n) is 8.13. The molecule has 10 nitrogen and oxygen atoms in total. The number of nitro groups is 1. The summed E-state index contributed by atoms with van der Waals surface area (Å²) in [7, 11) is 1.47. The number of imide groups is 1. The van der Waals surface area contributed by atoms with Crippen molar-refractivity contribution in [3.05, 3.63) is 102 Å². The second kappa shape index (κ2) is 11.9. The molecular weight excluding hydrogens is 590 g/mol. The smallest absolute Gasteiger partial charge is 0.293 e. The van der Waals surface area contributed by atoms with Crippen LogP contribution < -0.4 is 9.47 Å². The molecular formula is C27H18BrN3O7S. The lowest BCUT2D eigenvalue weighted by molar-refractivity contribution is -0.384. The molecule has 0 N–H and O–H groups in total. The predicted octanol–water partition coefficient (Wildman–Crippen LogP) is 5.74. The molecule has 1 aliphatic heterocycles. The quantitative estimate of drug-likeness (QED) is 0.129. The van der Waals surface area contributed by atoms with Crippen LogP contribution in [-0.4, -0.2) is 40.4 Å². The maximum Gasteiger partial charge on any atom is 0.293 e. The van der Waals surface area contributed by atoms with Crippen molar-refractivity contribution in [2.24, 2.45) is 0 Å². The number of hydrogen-bond donors (Lipinski definition) is 0. The van der Waals surface area contributed by atoms with E-state index in [0.29, 0.717) is 38.9 Å². The van der Waals surface area contributed by atoms with Gasteiger partial charge in [0.05, 0.1) is 39.6 Å². The van der Waals surface area contributed by atoms with E-state index in [4.69, 9.17) is 14.7 Å². The van der Waals surface area contributed by atoms with Gasteiger partial charge in [-0.05, 0) is 81.3 Å². The minimum Gasteiger partial charge on any atom is -0.493 e. The number of carbonyl (C=O) groups excluding carboxylic acids is 3. The molecule has 0 spiro atoms. The zero-order valence-electron chi connectivity index (χ0n) is 20.3. The Labute approximate surface area is 235 Å². The van der Waals surface area contributed by atoms with Crippen LogP contribution in [0.5, 0.6) is 11.5 Å². The molecule has 0 saturated carbocycles. The van der Waals surface area contributed by atoms with E-state index >= 15 is 0 Å². The fourth-order valence-electron chi connectivity index (χ4n) is 3.59. The van der Waals surface area contributed by atoms with E-state index in [2.05, 4.69) is 22.0 Å². The Bertz CT molecular complexity index is 1550. The molecule has 3 aromatic carbocycles. The summed E-state index contributed by atoms with van der Waals surface area (Å²) >= 11 is 4.16. The number of non-ortho nitro benzene ring substituents is 1. The molecule has 1 heterocycles. The van der Waals surface area contributed by atoms with Gasteiger partial charge in [0.1, 0.15) is 6.61 Å². The van der Waals surface area contributed by atoms with E-state index in [1.807, 2.05) is 0 Å². The van der Waals surface area contributed by atoms with Crippen LogP contribution in [0.25, 0.3) is 6.08 Å². The van der Waals surface area contributed by atoms with Gasteiger partial charge in [-0.1, -0.05) is 12.1 Å². The molecule has 196 valence electrons. The van der Waals surface area contributed by atoms with Crippen LogP contribution >= 0.6 is 27.7 Å². The van der Waals surface area contributed by atoms with E-state index < -0.39 is 28.4 Å². The van der Waals surface area contributed by atoms with Crippen molar-refractivity contribution in [2.45, 2.75) is 6.61 Å². The molecule has 39 heavy (non-hydrogen) atoms. The molecule has 0 atom stereocenters. The average Bonchev–Trinajstić information content (AvgIpc) is 3.19. The summed E-state index contributed by atoms with van der Waals surface area (Å²) in [6, 6.07) is 17.3. The SMILES string of the molecule is COc1cc(/C=C2/SC(=O)N(CC(=O)c3ccc([N+](=O)[O-])cc3)C2=O)cc(Br)c1OCc1ccc(C#N)cc1. The van der Waals surface area contributed by atoms with Crippen molar-refractivity contribution in [2.75, 3.05) is 13.7 Å². The number of carbonyl (C=O) groups is 3. The van der Waals surface area contributed by atoms with Gasteiger partial charge in [-0.2, -0.15) is 5.26 Å². The number of amides is 2. The van der Waals surface area contributed by atoms with Crippen molar-refractivity contribution in [3.8, 4) is 17.6 Å². The molecule has 4 rings (SSSR count). The Morgan fingerprint density at radius 1 is 1.15 bits per heavy atom. The topological polar surface area (TPSA) is 140 Å². The molecule has 1 aliphatic rings. The Kier molecular flexibility index (Phi) is 8.43. The molecule has 3 aromatic rings. The number of ether oxygens (including phenoxy) is 2. The lowest BCUT2D eigenvalue weighted by atomic mass is 10.1. The number of nitrogens with zero attached hydrogens (tertiary/aromatic N) is 3. The van der Waals surface area contributed by atoms with Crippen LogP contribution in [0.15, 0.2) is 70.0 Å². The number of thioether (sulfide) groups is 1. The molecule has 2 amide bonds. The minimum absolute atomic E-state index is 0.122. The summed E-state index contributed by atoms with van der Waals surface area (Å²) in [6.07, 6.45) is 1.51. The van der Waals surface area contributed by atoms with E-state index in [0.717, 1.165) is 10.5 Å². The van der Waals surface area contributed by atoms with Gasteiger partial charge in [-0.25, -0.2) is 0 Å². The monoisotopic (exact) mass is 607 g/mol. The van der Waals surface area contributed by atoms with E-state index in [9.17, 15) is 24.5 Å². The third-order valence-corrected chi connectivity index (χ3v) is 7.09. The maximum atomic E-state index is 12.9. The number of nitriles is 1. The Balaban J connectivity index is 1.48. The summed E-state index contributed by atoms with van der Waals surface area (Å²) in [4.78, 5) is 49.2. The normalized spacial score (nSPS) is 13.9. The fraction of sp³-hybridized carbons (Fsp3) is 0.111. The average molecular weight is 608 g/mol. The highest BCUT2D eigenvalue weighted by Gasteiger charge is 2.36. The zero-order chi connectivity index (χ0) is 28.1. The van der Waals surface area contributed by atoms with Crippen LogP contribution in [0.1, 0.15) is 27.0 Å². The molecule has 0 aromatic heterocycles. The van der Waals surface area contributed by atoms with Crippen LogP contribution in [0.2, 0.25) is 0 Å². The number of ketones is 1. The maximum absolute atomic E-state index is 12.9. The predicted molar refractivity (Wildman–Crippen MR) is 146 cm³/mol. The lowest BCUT2D eigenvalue weighted by Gasteiger charge is -2.14. The zero-order valence-corrected chi connectivity index (χ0v) is 22.7. The Morgan fingerprint density at radius 3 is 2.46 bits per heavy atom. The third kappa shape index (κ3) is 6.34. The molecule has 0 unspecified atom stereocenters. The van der Waals surface area contributed by atoms with Crippen molar-refractivity contribution in [3.63, 3.8) is 0 Å². The first kappa shape index (κ1) is 27.6. The van der Waals surface area contributed by atoms with Crippen molar-refractivity contribution < 1.29 is 28.8 Å². The summed E-state index contributed by atoms with van der Waals surface area (Å²) in [5, 5.41) is 19.1. The van der Waals surface area contributed by atoms with Gasteiger partial charge in [-0.3, -0.25) is 29.4 Å². The first-order chi connectivity index (χ1) is 18.7. The highest BCUT2D eigenvalue weighted by atomic mass is 79.9. The molecule has 1 saturated heterocycles. The number of Topliss-reactive ketones (excluding diaryl/α,β-unsaturated/α-hetero) is 1. The lowest BCUT2D eigenvalue weighted by Crippen LogP contribution is -2.33. The molecule has 12 heteroatoms. The van der Waals surface area contributed by atoms with Gasteiger partial charge in [0.25, 0.3) is 16.8 Å². The Morgan fingerprint density at radius 2 is 1.85 bits per heavy atom. The number of hydrogen-bond acceptors (Lipinski definition) is 9. The van der Waals surface area contributed by atoms with Gasteiger partial charge in [0.15, 0.2) is 17.3 Å². The summed E-state index contributed by atoms with van der Waals surface area (Å²) in [6.45, 7) is -0.267. The second-order valence-corrected chi connectivity index (χ2v) is 9.97. The first-order valence-corrected chi connectivity index (χ1v) is 12.8. The number of halogens is 1. The van der Waals surface area contributed by atoms with Crippen LogP contribution in [0, 0.1) is 21.4 Å². The van der Waals surface area contributed by atoms with E-state index in [1.165, 1.54) is 37.5 Å².